The van der Waals surface area contributed by atoms with Crippen LogP contribution >= 0.6 is 11.3 Å². The van der Waals surface area contributed by atoms with Gasteiger partial charge < -0.3 is 15.8 Å². The van der Waals surface area contributed by atoms with Gasteiger partial charge in [0.05, 0.1) is 22.2 Å². The van der Waals surface area contributed by atoms with Gasteiger partial charge in [-0.1, -0.05) is 0 Å². The molecule has 0 aliphatic heterocycles. The molecule has 0 atom stereocenters. The molecule has 0 spiro atoms. The second-order valence-electron chi connectivity index (χ2n) is 4.40. The maximum absolute atomic E-state index is 11.2. The summed E-state index contributed by atoms with van der Waals surface area (Å²) in [6.45, 7) is 3.87. The van der Waals surface area contributed by atoms with Gasteiger partial charge in [-0.3, -0.25) is 4.79 Å². The molecule has 1 aromatic rings. The SMILES string of the molecule is CC(=O)c1sc(NCCOCC2CC2)cc1N. The summed E-state index contributed by atoms with van der Waals surface area (Å²) < 4.78 is 5.51. The number of ether oxygens (including phenoxy) is 1. The molecule has 0 unspecified atom stereocenters. The van der Waals surface area contributed by atoms with E-state index in [1.165, 1.54) is 31.1 Å². The molecule has 4 nitrogen and oxygen atoms in total. The summed E-state index contributed by atoms with van der Waals surface area (Å²) in [4.78, 5) is 11.8. The van der Waals surface area contributed by atoms with E-state index in [1.54, 1.807) is 0 Å². The number of nitrogen functional groups attached to an aromatic ring is 1. The summed E-state index contributed by atoms with van der Waals surface area (Å²) in [5.41, 5.74) is 6.30. The standard InChI is InChI=1S/C12H18N2O2S/c1-8(15)12-10(13)6-11(17-12)14-4-5-16-7-9-2-3-9/h6,9,14H,2-5,7,13H2,1H3. The minimum Gasteiger partial charge on any atom is -0.397 e. The van der Waals surface area contributed by atoms with E-state index in [-0.39, 0.29) is 5.78 Å². The number of thiophene rings is 1. The van der Waals surface area contributed by atoms with Crippen LogP contribution in [0, 0.1) is 5.92 Å². The first kappa shape index (κ1) is 12.4. The Morgan fingerprint density at radius 1 is 1.65 bits per heavy atom. The second-order valence-corrected chi connectivity index (χ2v) is 5.45. The Bertz CT molecular complexity index is 399. The summed E-state index contributed by atoms with van der Waals surface area (Å²) >= 11 is 1.40. The number of anilines is 2. The van der Waals surface area contributed by atoms with E-state index < -0.39 is 0 Å². The lowest BCUT2D eigenvalue weighted by atomic mass is 10.3. The zero-order chi connectivity index (χ0) is 12.3. The van der Waals surface area contributed by atoms with Crippen LogP contribution in [0.5, 0.6) is 0 Å². The topological polar surface area (TPSA) is 64.3 Å². The summed E-state index contributed by atoms with van der Waals surface area (Å²) in [6.07, 6.45) is 2.63. The molecule has 1 heterocycles. The monoisotopic (exact) mass is 254 g/mol. The maximum atomic E-state index is 11.2. The molecule has 17 heavy (non-hydrogen) atoms. The lowest BCUT2D eigenvalue weighted by Gasteiger charge is -2.04. The fourth-order valence-corrected chi connectivity index (χ4v) is 2.45. The predicted octanol–water partition coefficient (Wildman–Crippen LogP) is 2.37. The van der Waals surface area contributed by atoms with E-state index in [0.29, 0.717) is 17.2 Å². The Kier molecular flexibility index (Phi) is 4.02. The van der Waals surface area contributed by atoms with E-state index in [2.05, 4.69) is 5.32 Å². The second kappa shape index (κ2) is 5.51. The lowest BCUT2D eigenvalue weighted by Crippen LogP contribution is -2.09. The van der Waals surface area contributed by atoms with Crippen molar-refractivity contribution in [1.82, 2.24) is 0 Å². The molecular formula is C12H18N2O2S. The highest BCUT2D eigenvalue weighted by Crippen LogP contribution is 2.30. The Morgan fingerprint density at radius 3 is 3.00 bits per heavy atom. The number of carbonyl (C=O) groups excluding carboxylic acids is 1. The van der Waals surface area contributed by atoms with Gasteiger partial charge in [0, 0.05) is 20.1 Å². The summed E-state index contributed by atoms with van der Waals surface area (Å²) in [5.74, 6) is 0.822. The lowest BCUT2D eigenvalue weighted by molar-refractivity contribution is 0.102. The minimum absolute atomic E-state index is 0.0190. The van der Waals surface area contributed by atoms with E-state index in [1.807, 2.05) is 6.07 Å². The summed E-state index contributed by atoms with van der Waals surface area (Å²) in [5, 5.41) is 4.15. The molecule has 1 aliphatic rings. The fourth-order valence-electron chi connectivity index (χ4n) is 1.55. The number of rotatable bonds is 7. The van der Waals surface area contributed by atoms with Crippen molar-refractivity contribution in [2.75, 3.05) is 30.8 Å². The first-order valence-corrected chi connectivity index (χ1v) is 6.70. The van der Waals surface area contributed by atoms with E-state index in [0.717, 1.165) is 24.1 Å². The molecule has 1 saturated carbocycles. The van der Waals surface area contributed by atoms with Crippen LogP contribution in [0.1, 0.15) is 29.4 Å². The van der Waals surface area contributed by atoms with Gasteiger partial charge in [0.15, 0.2) is 5.78 Å². The highest BCUT2D eigenvalue weighted by atomic mass is 32.1. The van der Waals surface area contributed by atoms with Crippen molar-refractivity contribution in [2.45, 2.75) is 19.8 Å². The van der Waals surface area contributed by atoms with Crippen molar-refractivity contribution in [3.05, 3.63) is 10.9 Å². The van der Waals surface area contributed by atoms with Crippen molar-refractivity contribution >= 4 is 27.8 Å². The van der Waals surface area contributed by atoms with Crippen LogP contribution in [0.3, 0.4) is 0 Å². The van der Waals surface area contributed by atoms with Gasteiger partial charge in [-0.15, -0.1) is 11.3 Å². The number of nitrogens with two attached hydrogens (primary N) is 1. The molecule has 0 saturated heterocycles. The number of ketones is 1. The van der Waals surface area contributed by atoms with Crippen molar-refractivity contribution in [3.8, 4) is 0 Å². The molecule has 0 radical (unpaired) electrons. The molecule has 5 heteroatoms. The Balaban J connectivity index is 1.70. The van der Waals surface area contributed by atoms with Gasteiger partial charge in [-0.05, 0) is 24.8 Å². The molecule has 3 N–H and O–H groups in total. The highest BCUT2D eigenvalue weighted by molar-refractivity contribution is 7.18. The quantitative estimate of drug-likeness (QED) is 0.579. The Morgan fingerprint density at radius 2 is 2.41 bits per heavy atom. The molecular weight excluding hydrogens is 236 g/mol. The normalized spacial score (nSPS) is 14.9. The Hall–Kier alpha value is -1.07. The van der Waals surface area contributed by atoms with E-state index in [4.69, 9.17) is 10.5 Å². The van der Waals surface area contributed by atoms with Crippen LogP contribution in [0.2, 0.25) is 0 Å². The largest absolute Gasteiger partial charge is 0.397 e. The van der Waals surface area contributed by atoms with Gasteiger partial charge in [-0.25, -0.2) is 0 Å². The molecule has 94 valence electrons. The van der Waals surface area contributed by atoms with E-state index in [9.17, 15) is 4.79 Å². The molecule has 1 aliphatic carbocycles. The molecule has 0 amide bonds. The highest BCUT2D eigenvalue weighted by Gasteiger charge is 2.20. The third-order valence-corrected chi connectivity index (χ3v) is 3.89. The predicted molar refractivity (Wildman–Crippen MR) is 70.8 cm³/mol. The number of carbonyl (C=O) groups is 1. The van der Waals surface area contributed by atoms with Crippen LogP contribution in [0.4, 0.5) is 10.7 Å². The number of hydrogen-bond donors (Lipinski definition) is 2. The fraction of sp³-hybridized carbons (Fsp3) is 0.583. The van der Waals surface area contributed by atoms with Crippen molar-refractivity contribution in [2.24, 2.45) is 5.92 Å². The van der Waals surface area contributed by atoms with Gasteiger partial charge in [-0.2, -0.15) is 0 Å². The first-order chi connectivity index (χ1) is 8.16. The molecule has 0 aromatic carbocycles. The average Bonchev–Trinajstić information content (AvgIpc) is 3.01. The molecule has 2 rings (SSSR count). The zero-order valence-electron chi connectivity index (χ0n) is 9.99. The maximum Gasteiger partial charge on any atom is 0.171 e. The van der Waals surface area contributed by atoms with Crippen LogP contribution in [0.25, 0.3) is 0 Å². The third kappa shape index (κ3) is 3.71. The molecule has 0 bridgehead atoms. The molecule has 1 fully saturated rings. The number of hydrogen-bond acceptors (Lipinski definition) is 5. The van der Waals surface area contributed by atoms with E-state index >= 15 is 0 Å². The van der Waals surface area contributed by atoms with Crippen molar-refractivity contribution in [1.29, 1.82) is 0 Å². The van der Waals surface area contributed by atoms with Gasteiger partial charge in [0.1, 0.15) is 0 Å². The van der Waals surface area contributed by atoms with Gasteiger partial charge in [0.25, 0.3) is 0 Å². The van der Waals surface area contributed by atoms with Crippen LogP contribution < -0.4 is 11.1 Å². The van der Waals surface area contributed by atoms with Crippen molar-refractivity contribution in [3.63, 3.8) is 0 Å². The van der Waals surface area contributed by atoms with Crippen LogP contribution in [0.15, 0.2) is 6.07 Å². The summed E-state index contributed by atoms with van der Waals surface area (Å²) in [7, 11) is 0. The first-order valence-electron chi connectivity index (χ1n) is 5.88. The van der Waals surface area contributed by atoms with Gasteiger partial charge in [0.2, 0.25) is 0 Å². The van der Waals surface area contributed by atoms with Crippen LogP contribution in [-0.4, -0.2) is 25.5 Å². The number of nitrogens with one attached hydrogen (secondary N) is 1. The van der Waals surface area contributed by atoms with Crippen molar-refractivity contribution < 1.29 is 9.53 Å². The number of Topliss-reactive ketones (excluding diaryl/α,β-unsaturated/α-hetero) is 1. The average molecular weight is 254 g/mol. The van der Waals surface area contributed by atoms with Crippen LogP contribution in [-0.2, 0) is 4.74 Å². The third-order valence-electron chi connectivity index (χ3n) is 2.68. The van der Waals surface area contributed by atoms with Gasteiger partial charge >= 0.3 is 0 Å². The summed E-state index contributed by atoms with van der Waals surface area (Å²) in [6, 6.07) is 1.81. The Labute approximate surface area is 105 Å². The minimum atomic E-state index is 0.0190. The molecule has 1 aromatic heterocycles. The smallest absolute Gasteiger partial charge is 0.171 e. The zero-order valence-corrected chi connectivity index (χ0v) is 10.8.